The molecule has 1 aliphatic heterocycles. The Bertz CT molecular complexity index is 205. The maximum atomic E-state index is 6.33. The monoisotopic (exact) mass is 211 g/mol. The predicted molar refractivity (Wildman–Crippen MR) is 62.8 cm³/mol. The second-order valence-corrected chi connectivity index (χ2v) is 5.80. The zero-order valence-electron chi connectivity index (χ0n) is 10.3. The number of hydrogen-bond donors (Lipinski definition) is 1. The van der Waals surface area contributed by atoms with E-state index in [4.69, 9.17) is 4.74 Å². The average Bonchev–Trinajstić information content (AvgIpc) is 2.11. The molecule has 0 aromatic carbocycles. The van der Waals surface area contributed by atoms with Gasteiger partial charge in [0.05, 0.1) is 5.60 Å². The van der Waals surface area contributed by atoms with Crippen LogP contribution in [0.2, 0.25) is 0 Å². The lowest BCUT2D eigenvalue weighted by Crippen LogP contribution is -2.58. The zero-order valence-corrected chi connectivity index (χ0v) is 10.3. The standard InChI is InChI=1S/C13H25NO/c1-12(2)10-11-14-13(15-12)8-6-4-3-5-7-9-13/h14H,3-11H2,1-2H3. The van der Waals surface area contributed by atoms with Gasteiger partial charge in [-0.25, -0.2) is 0 Å². The summed E-state index contributed by atoms with van der Waals surface area (Å²) in [6.07, 6.45) is 10.4. The van der Waals surface area contributed by atoms with Gasteiger partial charge >= 0.3 is 0 Å². The van der Waals surface area contributed by atoms with E-state index in [0.29, 0.717) is 0 Å². The topological polar surface area (TPSA) is 21.3 Å². The summed E-state index contributed by atoms with van der Waals surface area (Å²) in [5, 5.41) is 3.64. The van der Waals surface area contributed by atoms with Crippen LogP contribution in [0.15, 0.2) is 0 Å². The average molecular weight is 211 g/mol. The van der Waals surface area contributed by atoms with Gasteiger partial charge in [-0.15, -0.1) is 0 Å². The lowest BCUT2D eigenvalue weighted by atomic mass is 9.90. The summed E-state index contributed by atoms with van der Waals surface area (Å²) < 4.78 is 6.33. The fourth-order valence-corrected chi connectivity index (χ4v) is 2.96. The molecule has 15 heavy (non-hydrogen) atoms. The van der Waals surface area contributed by atoms with E-state index in [0.717, 1.165) is 13.0 Å². The Kier molecular flexibility index (Phi) is 3.36. The molecule has 88 valence electrons. The molecule has 2 nitrogen and oxygen atoms in total. The summed E-state index contributed by atoms with van der Waals surface area (Å²) in [7, 11) is 0. The van der Waals surface area contributed by atoms with Gasteiger partial charge < -0.3 is 4.74 Å². The lowest BCUT2D eigenvalue weighted by molar-refractivity contribution is -0.194. The highest BCUT2D eigenvalue weighted by Gasteiger charge is 2.39. The van der Waals surface area contributed by atoms with Gasteiger partial charge in [0.25, 0.3) is 0 Å². The van der Waals surface area contributed by atoms with Gasteiger partial charge in [-0.2, -0.15) is 0 Å². The van der Waals surface area contributed by atoms with Gasteiger partial charge in [-0.05, 0) is 46.0 Å². The summed E-state index contributed by atoms with van der Waals surface area (Å²) in [4.78, 5) is 0. The number of nitrogens with one attached hydrogen (secondary N) is 1. The maximum Gasteiger partial charge on any atom is 0.119 e. The second-order valence-electron chi connectivity index (χ2n) is 5.80. The van der Waals surface area contributed by atoms with Crippen LogP contribution < -0.4 is 5.32 Å². The fourth-order valence-electron chi connectivity index (χ4n) is 2.96. The normalized spacial score (nSPS) is 30.8. The Morgan fingerprint density at radius 1 is 0.867 bits per heavy atom. The van der Waals surface area contributed by atoms with E-state index in [1.165, 1.54) is 44.9 Å². The first-order valence-corrected chi connectivity index (χ1v) is 6.57. The van der Waals surface area contributed by atoms with E-state index in [1.54, 1.807) is 0 Å². The van der Waals surface area contributed by atoms with Crippen molar-refractivity contribution in [1.29, 1.82) is 0 Å². The van der Waals surface area contributed by atoms with Crippen LogP contribution in [0, 0.1) is 0 Å². The van der Waals surface area contributed by atoms with Crippen molar-refractivity contribution in [2.45, 2.75) is 76.5 Å². The lowest BCUT2D eigenvalue weighted by Gasteiger charge is -2.47. The third-order valence-corrected chi connectivity index (χ3v) is 3.81. The third-order valence-electron chi connectivity index (χ3n) is 3.81. The van der Waals surface area contributed by atoms with Crippen molar-refractivity contribution in [3.8, 4) is 0 Å². The molecule has 0 radical (unpaired) electrons. The van der Waals surface area contributed by atoms with Crippen molar-refractivity contribution in [2.75, 3.05) is 6.54 Å². The highest BCUT2D eigenvalue weighted by atomic mass is 16.5. The molecule has 1 aliphatic carbocycles. The Hall–Kier alpha value is -0.0800. The second kappa shape index (κ2) is 4.42. The van der Waals surface area contributed by atoms with Crippen LogP contribution in [-0.2, 0) is 4.74 Å². The van der Waals surface area contributed by atoms with Crippen molar-refractivity contribution >= 4 is 0 Å². The summed E-state index contributed by atoms with van der Waals surface area (Å²) in [6.45, 7) is 5.58. The van der Waals surface area contributed by atoms with E-state index in [-0.39, 0.29) is 11.3 Å². The van der Waals surface area contributed by atoms with Gasteiger partial charge in [0.15, 0.2) is 0 Å². The Balaban J connectivity index is 2.01. The van der Waals surface area contributed by atoms with Crippen LogP contribution in [0.4, 0.5) is 0 Å². The minimum Gasteiger partial charge on any atom is -0.355 e. The molecule has 0 amide bonds. The third kappa shape index (κ3) is 2.94. The fraction of sp³-hybridized carbons (Fsp3) is 1.00. The molecular formula is C13H25NO. The van der Waals surface area contributed by atoms with Crippen LogP contribution >= 0.6 is 0 Å². The minimum atomic E-state index is 0.0160. The minimum absolute atomic E-state index is 0.0160. The van der Waals surface area contributed by atoms with Crippen LogP contribution in [0.3, 0.4) is 0 Å². The summed E-state index contributed by atoms with van der Waals surface area (Å²) in [6, 6.07) is 0. The number of ether oxygens (including phenoxy) is 1. The number of rotatable bonds is 0. The van der Waals surface area contributed by atoms with Crippen molar-refractivity contribution in [3.05, 3.63) is 0 Å². The first-order chi connectivity index (χ1) is 7.12. The Morgan fingerprint density at radius 2 is 1.47 bits per heavy atom. The molecule has 1 spiro atoms. The Labute approximate surface area is 93.8 Å². The smallest absolute Gasteiger partial charge is 0.119 e. The molecule has 0 aromatic heterocycles. The largest absolute Gasteiger partial charge is 0.355 e. The maximum absolute atomic E-state index is 6.33. The molecule has 0 unspecified atom stereocenters. The van der Waals surface area contributed by atoms with Crippen molar-refractivity contribution in [3.63, 3.8) is 0 Å². The van der Waals surface area contributed by atoms with E-state index in [2.05, 4.69) is 19.2 Å². The molecule has 2 rings (SSSR count). The molecule has 1 heterocycles. The SMILES string of the molecule is CC1(C)CCNC2(CCCCCCC2)O1. The van der Waals surface area contributed by atoms with Gasteiger partial charge in [0, 0.05) is 6.54 Å². The molecule has 1 saturated heterocycles. The van der Waals surface area contributed by atoms with Crippen LogP contribution in [0.1, 0.15) is 65.2 Å². The molecule has 2 heteroatoms. The molecule has 0 bridgehead atoms. The van der Waals surface area contributed by atoms with Crippen molar-refractivity contribution < 1.29 is 4.74 Å². The molecular weight excluding hydrogens is 186 g/mol. The molecule has 2 fully saturated rings. The molecule has 2 aliphatic rings. The van der Waals surface area contributed by atoms with E-state index < -0.39 is 0 Å². The zero-order chi connectivity index (χ0) is 10.8. The highest BCUT2D eigenvalue weighted by Crippen LogP contribution is 2.35. The summed E-state index contributed by atoms with van der Waals surface area (Å²) in [5.74, 6) is 0. The predicted octanol–water partition coefficient (Wildman–Crippen LogP) is 3.22. The van der Waals surface area contributed by atoms with Gasteiger partial charge in [-0.1, -0.05) is 19.3 Å². The summed E-state index contributed by atoms with van der Waals surface area (Å²) in [5.41, 5.74) is 0.0899. The van der Waals surface area contributed by atoms with Crippen molar-refractivity contribution in [2.24, 2.45) is 0 Å². The number of hydrogen-bond acceptors (Lipinski definition) is 2. The van der Waals surface area contributed by atoms with Gasteiger partial charge in [0.1, 0.15) is 5.72 Å². The Morgan fingerprint density at radius 3 is 2.07 bits per heavy atom. The molecule has 0 aromatic rings. The molecule has 1 saturated carbocycles. The summed E-state index contributed by atoms with van der Waals surface area (Å²) >= 11 is 0. The first kappa shape index (κ1) is 11.4. The quantitative estimate of drug-likeness (QED) is 0.664. The van der Waals surface area contributed by atoms with Crippen LogP contribution in [0.25, 0.3) is 0 Å². The van der Waals surface area contributed by atoms with Gasteiger partial charge in [0.2, 0.25) is 0 Å². The molecule has 1 N–H and O–H groups in total. The van der Waals surface area contributed by atoms with E-state index in [1.807, 2.05) is 0 Å². The van der Waals surface area contributed by atoms with E-state index in [9.17, 15) is 0 Å². The molecule has 0 atom stereocenters. The van der Waals surface area contributed by atoms with Crippen LogP contribution in [-0.4, -0.2) is 17.9 Å². The van der Waals surface area contributed by atoms with Crippen LogP contribution in [0.5, 0.6) is 0 Å². The van der Waals surface area contributed by atoms with Crippen molar-refractivity contribution in [1.82, 2.24) is 5.32 Å². The first-order valence-electron chi connectivity index (χ1n) is 6.57. The van der Waals surface area contributed by atoms with Gasteiger partial charge in [-0.3, -0.25) is 5.32 Å². The highest BCUT2D eigenvalue weighted by molar-refractivity contribution is 4.89. The van der Waals surface area contributed by atoms with E-state index >= 15 is 0 Å².